The van der Waals surface area contributed by atoms with Gasteiger partial charge in [-0.05, 0) is 98.1 Å². The molecule has 8 aromatic rings. The summed E-state index contributed by atoms with van der Waals surface area (Å²) in [5, 5.41) is 1.03. The second-order valence-electron chi connectivity index (χ2n) is 15.3. The molecule has 0 radical (unpaired) electrons. The molecule has 0 fully saturated rings. The average molecular weight is 687 g/mol. The molecule has 1 aromatic heterocycles. The number of anilines is 3. The highest BCUT2D eigenvalue weighted by Gasteiger charge is 2.37. The lowest BCUT2D eigenvalue weighted by Gasteiger charge is -2.29. The first-order valence-electron chi connectivity index (χ1n) is 18.1. The van der Waals surface area contributed by atoms with Crippen molar-refractivity contribution < 1.29 is 0 Å². The van der Waals surface area contributed by atoms with Crippen molar-refractivity contribution in [2.75, 3.05) is 4.90 Å². The van der Waals surface area contributed by atoms with Gasteiger partial charge in [-0.15, -0.1) is 11.3 Å². The maximum atomic E-state index is 5.11. The highest BCUT2D eigenvalue weighted by Crippen LogP contribution is 2.53. The zero-order valence-corrected chi connectivity index (χ0v) is 30.6. The van der Waals surface area contributed by atoms with E-state index in [1.807, 2.05) is 0 Å². The quantitative estimate of drug-likeness (QED) is 0.179. The lowest BCUT2D eigenvalue weighted by Crippen LogP contribution is -2.18. The van der Waals surface area contributed by atoms with Gasteiger partial charge in [-0.3, -0.25) is 0 Å². The Morgan fingerprint density at radius 1 is 0.423 bits per heavy atom. The molecule has 0 aliphatic heterocycles. The van der Waals surface area contributed by atoms with E-state index < -0.39 is 0 Å². The summed E-state index contributed by atoms with van der Waals surface area (Å²) >= 11 is 1.76. The molecular formula is C49H38N2S. The maximum Gasteiger partial charge on any atom is 0.124 e. The number of thiazole rings is 1. The van der Waals surface area contributed by atoms with Crippen LogP contribution in [0.2, 0.25) is 0 Å². The van der Waals surface area contributed by atoms with Crippen LogP contribution >= 0.6 is 11.3 Å². The molecule has 7 aromatic carbocycles. The number of benzene rings is 7. The summed E-state index contributed by atoms with van der Waals surface area (Å²) in [7, 11) is 0. The predicted octanol–water partition coefficient (Wildman–Crippen LogP) is 13.7. The molecule has 0 N–H and O–H groups in total. The minimum absolute atomic E-state index is 0.0955. The van der Waals surface area contributed by atoms with E-state index >= 15 is 0 Å². The van der Waals surface area contributed by atoms with Gasteiger partial charge in [-0.25, -0.2) is 4.98 Å². The van der Waals surface area contributed by atoms with Crippen LogP contribution in [-0.2, 0) is 10.8 Å². The van der Waals surface area contributed by atoms with E-state index in [4.69, 9.17) is 4.98 Å². The van der Waals surface area contributed by atoms with Crippen molar-refractivity contribution in [2.45, 2.75) is 38.5 Å². The zero-order chi connectivity index (χ0) is 35.2. The number of aromatic nitrogens is 1. The Kier molecular flexibility index (Phi) is 6.78. The van der Waals surface area contributed by atoms with E-state index in [1.165, 1.54) is 60.3 Å². The van der Waals surface area contributed by atoms with Crippen LogP contribution in [0.1, 0.15) is 49.9 Å². The third-order valence-electron chi connectivity index (χ3n) is 11.5. The molecule has 0 unspecified atom stereocenters. The first-order chi connectivity index (χ1) is 25.3. The number of hydrogen-bond acceptors (Lipinski definition) is 3. The third-order valence-corrected chi connectivity index (χ3v) is 12.6. The molecule has 10 rings (SSSR count). The molecule has 2 nitrogen and oxygen atoms in total. The molecule has 0 saturated carbocycles. The largest absolute Gasteiger partial charge is 0.310 e. The summed E-state index contributed by atoms with van der Waals surface area (Å²) in [5.41, 5.74) is 18.7. The van der Waals surface area contributed by atoms with E-state index in [9.17, 15) is 0 Å². The van der Waals surface area contributed by atoms with Crippen molar-refractivity contribution in [1.82, 2.24) is 4.98 Å². The Morgan fingerprint density at radius 2 is 0.885 bits per heavy atom. The first kappa shape index (κ1) is 31.0. The van der Waals surface area contributed by atoms with E-state index in [0.29, 0.717) is 0 Å². The van der Waals surface area contributed by atoms with Gasteiger partial charge in [0.1, 0.15) is 5.01 Å². The van der Waals surface area contributed by atoms with Crippen LogP contribution in [0.4, 0.5) is 17.1 Å². The van der Waals surface area contributed by atoms with Crippen LogP contribution in [-0.4, -0.2) is 4.98 Å². The Labute approximate surface area is 309 Å². The van der Waals surface area contributed by atoms with Crippen molar-refractivity contribution in [1.29, 1.82) is 0 Å². The topological polar surface area (TPSA) is 16.1 Å². The summed E-state index contributed by atoms with van der Waals surface area (Å²) in [5.74, 6) is 0. The normalized spacial score (nSPS) is 14.5. The van der Waals surface area contributed by atoms with Crippen LogP contribution in [0.15, 0.2) is 158 Å². The summed E-state index contributed by atoms with van der Waals surface area (Å²) in [6, 6.07) is 58.0. The fourth-order valence-electron chi connectivity index (χ4n) is 8.72. The highest BCUT2D eigenvalue weighted by atomic mass is 32.1. The van der Waals surface area contributed by atoms with Gasteiger partial charge in [-0.2, -0.15) is 0 Å². The number of fused-ring (bicyclic) bond motifs is 7. The van der Waals surface area contributed by atoms with Crippen LogP contribution in [0.3, 0.4) is 0 Å². The minimum atomic E-state index is -0.0955. The minimum Gasteiger partial charge on any atom is -0.310 e. The second-order valence-corrected chi connectivity index (χ2v) is 16.3. The molecule has 2 aliphatic carbocycles. The second kappa shape index (κ2) is 11.4. The van der Waals surface area contributed by atoms with Crippen LogP contribution in [0, 0.1) is 0 Å². The smallest absolute Gasteiger partial charge is 0.124 e. The fraction of sp³-hybridized carbons (Fsp3) is 0.122. The molecule has 250 valence electrons. The monoisotopic (exact) mass is 686 g/mol. The molecule has 0 amide bonds. The lowest BCUT2D eigenvalue weighted by atomic mass is 9.82. The molecule has 0 atom stereocenters. The number of nitrogens with zero attached hydrogens (tertiary/aromatic N) is 2. The molecule has 0 saturated heterocycles. The predicted molar refractivity (Wildman–Crippen MR) is 220 cm³/mol. The summed E-state index contributed by atoms with van der Waals surface area (Å²) in [6.07, 6.45) is 0. The molecule has 1 heterocycles. The van der Waals surface area contributed by atoms with Gasteiger partial charge in [-0.1, -0.05) is 143 Å². The van der Waals surface area contributed by atoms with Crippen molar-refractivity contribution in [3.8, 4) is 44.0 Å². The van der Waals surface area contributed by atoms with E-state index in [-0.39, 0.29) is 10.8 Å². The van der Waals surface area contributed by atoms with Crippen molar-refractivity contribution in [2.24, 2.45) is 0 Å². The van der Waals surface area contributed by atoms with Crippen molar-refractivity contribution >= 4 is 38.6 Å². The highest BCUT2D eigenvalue weighted by molar-refractivity contribution is 7.21. The Balaban J connectivity index is 1.10. The van der Waals surface area contributed by atoms with Gasteiger partial charge in [0.25, 0.3) is 0 Å². The molecule has 2 aliphatic rings. The SMILES string of the molecule is CC1(C)c2ccccc2-c2ccc(N(c3ccc4c(c3)C(C)(C)c3ccccc3-4)c3ccc4nc(-c5ccc(-c6ccccc6)cc5)sc4c3)cc21. The Hall–Kier alpha value is -5.77. The van der Waals surface area contributed by atoms with Gasteiger partial charge in [0.2, 0.25) is 0 Å². The molecule has 0 spiro atoms. The summed E-state index contributed by atoms with van der Waals surface area (Å²) in [4.78, 5) is 7.56. The zero-order valence-electron chi connectivity index (χ0n) is 29.8. The van der Waals surface area contributed by atoms with Crippen molar-refractivity contribution in [3.05, 3.63) is 180 Å². The van der Waals surface area contributed by atoms with Crippen molar-refractivity contribution in [3.63, 3.8) is 0 Å². The van der Waals surface area contributed by atoms with Gasteiger partial charge in [0.05, 0.1) is 10.2 Å². The van der Waals surface area contributed by atoms with Gasteiger partial charge < -0.3 is 4.90 Å². The van der Waals surface area contributed by atoms with E-state index in [2.05, 4.69) is 190 Å². The molecule has 3 heteroatoms. The van der Waals surface area contributed by atoms with E-state index in [0.717, 1.165) is 33.1 Å². The lowest BCUT2D eigenvalue weighted by molar-refractivity contribution is 0.660. The average Bonchev–Trinajstić information content (AvgIpc) is 3.78. The number of rotatable bonds is 5. The molecular weight excluding hydrogens is 649 g/mol. The van der Waals surface area contributed by atoms with Gasteiger partial charge >= 0.3 is 0 Å². The first-order valence-corrected chi connectivity index (χ1v) is 18.9. The third kappa shape index (κ3) is 4.66. The van der Waals surface area contributed by atoms with E-state index in [1.54, 1.807) is 11.3 Å². The molecule has 0 bridgehead atoms. The van der Waals surface area contributed by atoms with Crippen LogP contribution in [0.5, 0.6) is 0 Å². The van der Waals surface area contributed by atoms with Gasteiger partial charge in [0, 0.05) is 33.5 Å². The van der Waals surface area contributed by atoms with Crippen LogP contribution < -0.4 is 4.90 Å². The fourth-order valence-corrected chi connectivity index (χ4v) is 9.73. The Bertz CT molecular complexity index is 2570. The standard InChI is InChI=1S/C49H38N2S/c1-48(2)41-16-10-8-14-37(41)39-25-22-34(28-43(39)48)51(35-23-26-40-38-15-9-11-17-42(38)49(3,4)44(40)29-35)36-24-27-45-46(30-36)52-47(50-45)33-20-18-32(19-21-33)31-12-6-5-7-13-31/h5-30H,1-4H3. The van der Waals surface area contributed by atoms with Gasteiger partial charge in [0.15, 0.2) is 0 Å². The summed E-state index contributed by atoms with van der Waals surface area (Å²) < 4.78 is 1.17. The summed E-state index contributed by atoms with van der Waals surface area (Å²) in [6.45, 7) is 9.44. The maximum absolute atomic E-state index is 5.11. The van der Waals surface area contributed by atoms with Crippen LogP contribution in [0.25, 0.3) is 54.2 Å². The molecule has 52 heavy (non-hydrogen) atoms. The Morgan fingerprint density at radius 3 is 1.48 bits per heavy atom. The number of hydrogen-bond donors (Lipinski definition) is 0.